The van der Waals surface area contributed by atoms with Crippen LogP contribution in [0.1, 0.15) is 17.5 Å². The van der Waals surface area contributed by atoms with E-state index in [4.69, 9.17) is 5.11 Å². The van der Waals surface area contributed by atoms with Crippen LogP contribution >= 0.6 is 0 Å². The number of aliphatic hydroxyl groups excluding tert-OH is 1. The van der Waals surface area contributed by atoms with Gasteiger partial charge in [0.25, 0.3) is 0 Å². The number of nitrogens with zero attached hydrogens (tertiary/aromatic N) is 1. The van der Waals surface area contributed by atoms with Crippen molar-refractivity contribution in [3.05, 3.63) is 71.8 Å². The smallest absolute Gasteiger partial charge is 0.312 e. The standard InChI is InChI=1S/C19H22N2O3/c22-13-7-12-20-18(23)19(24)21(14-16-8-3-1-4-9-16)15-17-10-5-2-6-11-17/h1-6,8-11,22H,7,12-15H2,(H,20,23). The van der Waals surface area contributed by atoms with E-state index in [2.05, 4.69) is 5.32 Å². The van der Waals surface area contributed by atoms with Gasteiger partial charge < -0.3 is 15.3 Å². The third-order valence-electron chi connectivity index (χ3n) is 3.53. The molecule has 0 heterocycles. The second-order valence-electron chi connectivity index (χ2n) is 5.47. The molecule has 24 heavy (non-hydrogen) atoms. The summed E-state index contributed by atoms with van der Waals surface area (Å²) in [6.45, 7) is 0.988. The summed E-state index contributed by atoms with van der Waals surface area (Å²) in [5.74, 6) is -1.21. The van der Waals surface area contributed by atoms with E-state index in [0.29, 0.717) is 19.5 Å². The maximum Gasteiger partial charge on any atom is 0.312 e. The summed E-state index contributed by atoms with van der Waals surface area (Å²) < 4.78 is 0. The lowest BCUT2D eigenvalue weighted by Gasteiger charge is -2.22. The summed E-state index contributed by atoms with van der Waals surface area (Å²) in [5, 5.41) is 11.3. The van der Waals surface area contributed by atoms with Gasteiger partial charge in [0.15, 0.2) is 0 Å². The Labute approximate surface area is 141 Å². The highest BCUT2D eigenvalue weighted by Gasteiger charge is 2.21. The minimum Gasteiger partial charge on any atom is -0.396 e. The molecule has 5 heteroatoms. The van der Waals surface area contributed by atoms with Crippen LogP contribution in [0.3, 0.4) is 0 Å². The van der Waals surface area contributed by atoms with Crippen LogP contribution in [0.15, 0.2) is 60.7 Å². The molecule has 2 N–H and O–H groups in total. The fourth-order valence-corrected chi connectivity index (χ4v) is 2.31. The summed E-state index contributed by atoms with van der Waals surface area (Å²) >= 11 is 0. The lowest BCUT2D eigenvalue weighted by molar-refractivity contribution is -0.146. The quantitative estimate of drug-likeness (QED) is 0.601. The minimum atomic E-state index is -0.643. The molecule has 0 unspecified atom stereocenters. The second kappa shape index (κ2) is 9.47. The van der Waals surface area contributed by atoms with Crippen molar-refractivity contribution in [2.45, 2.75) is 19.5 Å². The molecule has 0 saturated carbocycles. The van der Waals surface area contributed by atoms with Crippen molar-refractivity contribution < 1.29 is 14.7 Å². The molecule has 126 valence electrons. The Kier molecular flexibility index (Phi) is 6.98. The number of amides is 2. The first-order chi connectivity index (χ1) is 11.7. The Morgan fingerprint density at radius 1 is 0.875 bits per heavy atom. The topological polar surface area (TPSA) is 69.6 Å². The van der Waals surface area contributed by atoms with E-state index in [-0.39, 0.29) is 13.2 Å². The fourth-order valence-electron chi connectivity index (χ4n) is 2.31. The molecule has 0 saturated heterocycles. The van der Waals surface area contributed by atoms with Crippen LogP contribution in [0.4, 0.5) is 0 Å². The molecule has 0 atom stereocenters. The van der Waals surface area contributed by atoms with Gasteiger partial charge in [-0.1, -0.05) is 60.7 Å². The molecule has 0 aliphatic heterocycles. The zero-order valence-corrected chi connectivity index (χ0v) is 13.5. The molecule has 0 radical (unpaired) electrons. The van der Waals surface area contributed by atoms with Crippen LogP contribution in [-0.2, 0) is 22.7 Å². The highest BCUT2D eigenvalue weighted by Crippen LogP contribution is 2.10. The van der Waals surface area contributed by atoms with E-state index in [0.717, 1.165) is 11.1 Å². The Morgan fingerprint density at radius 2 is 1.38 bits per heavy atom. The van der Waals surface area contributed by atoms with Crippen LogP contribution < -0.4 is 5.32 Å². The first-order valence-corrected chi connectivity index (χ1v) is 7.96. The number of carbonyl (C=O) groups is 2. The third-order valence-corrected chi connectivity index (χ3v) is 3.53. The van der Waals surface area contributed by atoms with E-state index in [1.165, 1.54) is 4.90 Å². The van der Waals surface area contributed by atoms with Crippen molar-refractivity contribution in [2.24, 2.45) is 0 Å². The molecule has 2 amide bonds. The number of hydrogen-bond acceptors (Lipinski definition) is 3. The number of carbonyl (C=O) groups excluding carboxylic acids is 2. The molecular formula is C19H22N2O3. The Morgan fingerprint density at radius 3 is 1.83 bits per heavy atom. The lowest BCUT2D eigenvalue weighted by Crippen LogP contribution is -2.42. The summed E-state index contributed by atoms with van der Waals surface area (Å²) in [5.41, 5.74) is 1.93. The second-order valence-corrected chi connectivity index (χ2v) is 5.47. The molecule has 0 aliphatic carbocycles. The zero-order chi connectivity index (χ0) is 17.2. The number of nitrogens with one attached hydrogen (secondary N) is 1. The predicted molar refractivity (Wildman–Crippen MR) is 91.9 cm³/mol. The van der Waals surface area contributed by atoms with Gasteiger partial charge in [0.05, 0.1) is 0 Å². The molecule has 2 aromatic rings. The molecule has 2 rings (SSSR count). The van der Waals surface area contributed by atoms with E-state index >= 15 is 0 Å². The fraction of sp³-hybridized carbons (Fsp3) is 0.263. The van der Waals surface area contributed by atoms with Gasteiger partial charge in [-0.25, -0.2) is 0 Å². The molecule has 0 aromatic heterocycles. The number of benzene rings is 2. The van der Waals surface area contributed by atoms with Crippen molar-refractivity contribution in [3.63, 3.8) is 0 Å². The summed E-state index contributed by atoms with van der Waals surface area (Å²) in [4.78, 5) is 26.1. The highest BCUT2D eigenvalue weighted by molar-refractivity contribution is 6.34. The average molecular weight is 326 g/mol. The van der Waals surface area contributed by atoms with Crippen molar-refractivity contribution >= 4 is 11.8 Å². The molecule has 0 bridgehead atoms. The van der Waals surface area contributed by atoms with Crippen LogP contribution in [0.5, 0.6) is 0 Å². The third kappa shape index (κ3) is 5.52. The van der Waals surface area contributed by atoms with Gasteiger partial charge in [-0.15, -0.1) is 0 Å². The first kappa shape index (κ1) is 17.7. The van der Waals surface area contributed by atoms with Crippen LogP contribution in [0, 0.1) is 0 Å². The van der Waals surface area contributed by atoms with Gasteiger partial charge in [0.2, 0.25) is 0 Å². The lowest BCUT2D eigenvalue weighted by atomic mass is 10.1. The molecule has 0 fully saturated rings. The summed E-state index contributed by atoms with van der Waals surface area (Å²) in [6, 6.07) is 19.1. The monoisotopic (exact) mass is 326 g/mol. The maximum atomic E-state index is 12.5. The van der Waals surface area contributed by atoms with Crippen molar-refractivity contribution in [2.75, 3.05) is 13.2 Å². The SMILES string of the molecule is O=C(NCCCO)C(=O)N(Cc1ccccc1)Cc1ccccc1. The molecule has 0 spiro atoms. The van der Waals surface area contributed by atoms with Crippen LogP contribution in [-0.4, -0.2) is 35.0 Å². The van der Waals surface area contributed by atoms with Crippen molar-refractivity contribution in [1.82, 2.24) is 10.2 Å². The predicted octanol–water partition coefficient (Wildman–Crippen LogP) is 1.71. The zero-order valence-electron chi connectivity index (χ0n) is 13.5. The van der Waals surface area contributed by atoms with E-state index in [9.17, 15) is 9.59 Å². The van der Waals surface area contributed by atoms with E-state index in [1.54, 1.807) is 0 Å². The van der Waals surface area contributed by atoms with Gasteiger partial charge in [-0.05, 0) is 17.5 Å². The summed E-state index contributed by atoms with van der Waals surface area (Å²) in [7, 11) is 0. The van der Waals surface area contributed by atoms with Crippen molar-refractivity contribution in [1.29, 1.82) is 0 Å². The molecule has 5 nitrogen and oxygen atoms in total. The Hall–Kier alpha value is -2.66. The van der Waals surface area contributed by atoms with E-state index < -0.39 is 11.8 Å². The first-order valence-electron chi connectivity index (χ1n) is 7.96. The molecule has 2 aromatic carbocycles. The minimum absolute atomic E-state index is 0.0216. The van der Waals surface area contributed by atoms with Gasteiger partial charge in [-0.2, -0.15) is 0 Å². The van der Waals surface area contributed by atoms with Gasteiger partial charge in [-0.3, -0.25) is 9.59 Å². The Bertz CT molecular complexity index is 603. The molecule has 0 aliphatic rings. The number of hydrogen-bond donors (Lipinski definition) is 2. The number of aliphatic hydroxyl groups is 1. The molecular weight excluding hydrogens is 304 g/mol. The van der Waals surface area contributed by atoms with Gasteiger partial charge in [0.1, 0.15) is 0 Å². The van der Waals surface area contributed by atoms with E-state index in [1.807, 2.05) is 60.7 Å². The number of rotatable bonds is 7. The maximum absolute atomic E-state index is 12.5. The van der Waals surface area contributed by atoms with Crippen molar-refractivity contribution in [3.8, 4) is 0 Å². The average Bonchev–Trinajstić information content (AvgIpc) is 2.62. The van der Waals surface area contributed by atoms with Crippen LogP contribution in [0.2, 0.25) is 0 Å². The highest BCUT2D eigenvalue weighted by atomic mass is 16.3. The summed E-state index contributed by atoms with van der Waals surface area (Å²) in [6.07, 6.45) is 0.427. The normalized spacial score (nSPS) is 10.2. The van der Waals surface area contributed by atoms with Gasteiger partial charge >= 0.3 is 11.8 Å². The Balaban J connectivity index is 2.09. The van der Waals surface area contributed by atoms with Crippen LogP contribution in [0.25, 0.3) is 0 Å². The van der Waals surface area contributed by atoms with Gasteiger partial charge in [0, 0.05) is 26.2 Å². The largest absolute Gasteiger partial charge is 0.396 e.